The van der Waals surface area contributed by atoms with Gasteiger partial charge in [0.05, 0.1) is 23.2 Å². The molecule has 0 aliphatic carbocycles. The molecule has 142 valence electrons. The van der Waals surface area contributed by atoms with Crippen LogP contribution in [0, 0.1) is 6.92 Å². The molecule has 0 saturated heterocycles. The van der Waals surface area contributed by atoms with E-state index in [0.717, 1.165) is 11.3 Å². The zero-order chi connectivity index (χ0) is 19.3. The second-order valence-corrected chi connectivity index (χ2v) is 8.11. The number of benzene rings is 1. The summed E-state index contributed by atoms with van der Waals surface area (Å²) in [5, 5.41) is 2.77. The number of carbonyl (C=O) groups is 1. The van der Waals surface area contributed by atoms with Crippen molar-refractivity contribution in [2.24, 2.45) is 0 Å². The topological polar surface area (TPSA) is 91.6 Å². The van der Waals surface area contributed by atoms with Crippen molar-refractivity contribution in [3.63, 3.8) is 0 Å². The van der Waals surface area contributed by atoms with Crippen molar-refractivity contribution in [2.45, 2.75) is 30.8 Å². The summed E-state index contributed by atoms with van der Waals surface area (Å²) in [4.78, 5) is 14.4. The fraction of sp³-hybridized carbons (Fsp3) is 0.389. The Labute approximate surface area is 154 Å². The molecule has 0 bridgehead atoms. The highest BCUT2D eigenvalue weighted by atomic mass is 32.2. The molecule has 8 heteroatoms. The summed E-state index contributed by atoms with van der Waals surface area (Å²) in [5.74, 6) is 0.322. The van der Waals surface area contributed by atoms with Crippen LogP contribution < -0.4 is 10.0 Å². The molecule has 2 aromatic rings. The summed E-state index contributed by atoms with van der Waals surface area (Å²) in [6.07, 6.45) is 1.58. The Morgan fingerprint density at radius 1 is 1.19 bits per heavy atom. The number of hydrogen-bond donors (Lipinski definition) is 2. The van der Waals surface area contributed by atoms with Crippen LogP contribution in [0.1, 0.15) is 24.3 Å². The second kappa shape index (κ2) is 8.48. The van der Waals surface area contributed by atoms with E-state index in [0.29, 0.717) is 6.54 Å². The van der Waals surface area contributed by atoms with Crippen molar-refractivity contribution in [3.8, 4) is 0 Å². The Balaban J connectivity index is 1.97. The molecule has 1 amide bonds. The zero-order valence-corrected chi connectivity index (χ0v) is 16.2. The van der Waals surface area contributed by atoms with Gasteiger partial charge in [0, 0.05) is 6.54 Å². The van der Waals surface area contributed by atoms with Gasteiger partial charge in [0.2, 0.25) is 15.9 Å². The SMILES string of the molecule is Cc1ccc(S(=O)(=O)NC(C)C(=O)NCC(c2ccco2)N(C)C)cc1. The number of nitrogens with one attached hydrogen (secondary N) is 2. The third-order valence-electron chi connectivity index (χ3n) is 4.02. The average Bonchev–Trinajstić information content (AvgIpc) is 3.08. The number of aryl methyl sites for hydroxylation is 1. The minimum Gasteiger partial charge on any atom is -0.468 e. The van der Waals surface area contributed by atoms with Gasteiger partial charge in [0.15, 0.2) is 0 Å². The first kappa shape index (κ1) is 20.2. The number of furan rings is 1. The Bertz CT molecular complexity index is 815. The molecule has 0 fully saturated rings. The summed E-state index contributed by atoms with van der Waals surface area (Å²) >= 11 is 0. The van der Waals surface area contributed by atoms with Crippen LogP contribution >= 0.6 is 0 Å². The molecule has 0 radical (unpaired) electrons. The largest absolute Gasteiger partial charge is 0.468 e. The first-order valence-corrected chi connectivity index (χ1v) is 9.75. The molecule has 7 nitrogen and oxygen atoms in total. The average molecular weight is 379 g/mol. The Morgan fingerprint density at radius 2 is 1.85 bits per heavy atom. The molecule has 2 N–H and O–H groups in total. The highest BCUT2D eigenvalue weighted by molar-refractivity contribution is 7.89. The Hall–Kier alpha value is -2.16. The number of sulfonamides is 1. The normalized spacial score (nSPS) is 14.2. The standard InChI is InChI=1S/C18H25N3O4S/c1-13-7-9-15(10-8-13)26(23,24)20-14(2)18(22)19-12-16(21(3)4)17-6-5-11-25-17/h5-11,14,16,20H,12H2,1-4H3,(H,19,22). The zero-order valence-electron chi connectivity index (χ0n) is 15.4. The number of amides is 1. The predicted molar refractivity (Wildman–Crippen MR) is 99.1 cm³/mol. The van der Waals surface area contributed by atoms with Crippen LogP contribution in [-0.4, -0.2) is 45.9 Å². The maximum absolute atomic E-state index is 12.4. The summed E-state index contributed by atoms with van der Waals surface area (Å²) < 4.78 is 32.6. The molecule has 2 atom stereocenters. The van der Waals surface area contributed by atoms with Gasteiger partial charge in [-0.3, -0.25) is 9.69 Å². The van der Waals surface area contributed by atoms with E-state index >= 15 is 0 Å². The van der Waals surface area contributed by atoms with E-state index in [9.17, 15) is 13.2 Å². The molecule has 0 saturated carbocycles. The summed E-state index contributed by atoms with van der Waals surface area (Å²) in [7, 11) is -0.00347. The number of carbonyl (C=O) groups excluding carboxylic acids is 1. The van der Waals surface area contributed by atoms with E-state index in [2.05, 4.69) is 10.0 Å². The highest BCUT2D eigenvalue weighted by Gasteiger charge is 2.24. The van der Waals surface area contributed by atoms with E-state index < -0.39 is 22.0 Å². The van der Waals surface area contributed by atoms with Gasteiger partial charge in [0.25, 0.3) is 0 Å². The molecule has 1 aromatic carbocycles. The van der Waals surface area contributed by atoms with Gasteiger partial charge in [-0.25, -0.2) is 8.42 Å². The third-order valence-corrected chi connectivity index (χ3v) is 5.58. The van der Waals surface area contributed by atoms with Crippen LogP contribution in [0.25, 0.3) is 0 Å². The van der Waals surface area contributed by atoms with Crippen LogP contribution in [0.15, 0.2) is 52.0 Å². The quantitative estimate of drug-likeness (QED) is 0.728. The van der Waals surface area contributed by atoms with Crippen molar-refractivity contribution in [1.29, 1.82) is 0 Å². The summed E-state index contributed by atoms with van der Waals surface area (Å²) in [6, 6.07) is 9.03. The molecule has 1 aromatic heterocycles. The highest BCUT2D eigenvalue weighted by Crippen LogP contribution is 2.17. The molecule has 2 unspecified atom stereocenters. The molecular weight excluding hydrogens is 354 g/mol. The monoisotopic (exact) mass is 379 g/mol. The number of rotatable bonds is 8. The minimum atomic E-state index is -3.76. The number of hydrogen-bond acceptors (Lipinski definition) is 5. The molecule has 1 heterocycles. The lowest BCUT2D eigenvalue weighted by molar-refractivity contribution is -0.122. The van der Waals surface area contributed by atoms with E-state index in [4.69, 9.17) is 4.42 Å². The van der Waals surface area contributed by atoms with Crippen LogP contribution in [0.4, 0.5) is 0 Å². The molecule has 0 spiro atoms. The van der Waals surface area contributed by atoms with Crippen LogP contribution in [0.5, 0.6) is 0 Å². The summed E-state index contributed by atoms with van der Waals surface area (Å²) in [5.41, 5.74) is 0.961. The molecular formula is C18H25N3O4S. The van der Waals surface area contributed by atoms with Gasteiger partial charge in [-0.15, -0.1) is 0 Å². The first-order valence-electron chi connectivity index (χ1n) is 8.27. The van der Waals surface area contributed by atoms with Gasteiger partial charge in [-0.05, 0) is 52.2 Å². The lowest BCUT2D eigenvalue weighted by atomic mass is 10.2. The van der Waals surface area contributed by atoms with E-state index in [1.54, 1.807) is 24.5 Å². The lowest BCUT2D eigenvalue weighted by Gasteiger charge is -2.23. The Kier molecular flexibility index (Phi) is 6.57. The number of likely N-dealkylation sites (N-methyl/N-ethyl adjacent to an activating group) is 1. The van der Waals surface area contributed by atoms with Gasteiger partial charge >= 0.3 is 0 Å². The predicted octanol–water partition coefficient (Wildman–Crippen LogP) is 1.67. The van der Waals surface area contributed by atoms with E-state index in [1.165, 1.54) is 19.1 Å². The lowest BCUT2D eigenvalue weighted by Crippen LogP contribution is -2.46. The van der Waals surface area contributed by atoms with Crippen LogP contribution in [0.2, 0.25) is 0 Å². The van der Waals surface area contributed by atoms with Crippen LogP contribution in [0.3, 0.4) is 0 Å². The van der Waals surface area contributed by atoms with Gasteiger partial charge < -0.3 is 9.73 Å². The van der Waals surface area contributed by atoms with Crippen LogP contribution in [-0.2, 0) is 14.8 Å². The fourth-order valence-corrected chi connectivity index (χ4v) is 3.64. The maximum Gasteiger partial charge on any atom is 0.241 e. The van der Waals surface area contributed by atoms with E-state index in [1.807, 2.05) is 32.0 Å². The van der Waals surface area contributed by atoms with E-state index in [-0.39, 0.29) is 10.9 Å². The minimum absolute atomic E-state index is 0.129. The fourth-order valence-electron chi connectivity index (χ4n) is 2.44. The van der Waals surface area contributed by atoms with Crippen molar-refractivity contribution in [1.82, 2.24) is 14.9 Å². The molecule has 0 aliphatic heterocycles. The third kappa shape index (κ3) is 5.17. The summed E-state index contributed by atoms with van der Waals surface area (Å²) in [6.45, 7) is 3.69. The Morgan fingerprint density at radius 3 is 2.38 bits per heavy atom. The van der Waals surface area contributed by atoms with Crippen molar-refractivity contribution in [2.75, 3.05) is 20.6 Å². The molecule has 26 heavy (non-hydrogen) atoms. The van der Waals surface area contributed by atoms with Gasteiger partial charge in [0.1, 0.15) is 5.76 Å². The van der Waals surface area contributed by atoms with Gasteiger partial charge in [-0.2, -0.15) is 4.72 Å². The first-order chi connectivity index (χ1) is 12.2. The maximum atomic E-state index is 12.4. The molecule has 2 rings (SSSR count). The number of nitrogens with zero attached hydrogens (tertiary/aromatic N) is 1. The van der Waals surface area contributed by atoms with Crippen molar-refractivity contribution >= 4 is 15.9 Å². The van der Waals surface area contributed by atoms with Gasteiger partial charge in [-0.1, -0.05) is 17.7 Å². The second-order valence-electron chi connectivity index (χ2n) is 6.40. The van der Waals surface area contributed by atoms with Crippen molar-refractivity contribution in [3.05, 3.63) is 54.0 Å². The van der Waals surface area contributed by atoms with Crippen molar-refractivity contribution < 1.29 is 17.6 Å². The smallest absolute Gasteiger partial charge is 0.241 e. The molecule has 0 aliphatic rings.